The highest BCUT2D eigenvalue weighted by Gasteiger charge is 2.28. The van der Waals surface area contributed by atoms with Crippen LogP contribution in [0.5, 0.6) is 5.75 Å². The summed E-state index contributed by atoms with van der Waals surface area (Å²) in [7, 11) is 1.64. The van der Waals surface area contributed by atoms with E-state index in [-0.39, 0.29) is 6.03 Å². The van der Waals surface area contributed by atoms with Gasteiger partial charge in [-0.2, -0.15) is 0 Å². The largest absolute Gasteiger partial charge is 0.497 e. The van der Waals surface area contributed by atoms with Crippen LogP contribution in [0, 0.1) is 6.92 Å². The first-order valence-electron chi connectivity index (χ1n) is 9.11. The lowest BCUT2D eigenvalue weighted by molar-refractivity contribution is 0.0545. The molecule has 0 aliphatic carbocycles. The Balaban J connectivity index is 1.92. The van der Waals surface area contributed by atoms with Crippen LogP contribution < -0.4 is 10.1 Å². The number of benzene rings is 1. The van der Waals surface area contributed by atoms with Crippen molar-refractivity contribution in [2.75, 3.05) is 51.8 Å². The van der Waals surface area contributed by atoms with Gasteiger partial charge in [-0.25, -0.2) is 4.79 Å². The Hall–Kier alpha value is -1.79. The number of hydrogen-bond donors (Lipinski definition) is 1. The maximum Gasteiger partial charge on any atom is 0.321 e. The lowest BCUT2D eigenvalue weighted by Crippen LogP contribution is -2.56. The second-order valence-corrected chi connectivity index (χ2v) is 6.35. The van der Waals surface area contributed by atoms with Gasteiger partial charge in [0, 0.05) is 44.5 Å². The molecule has 6 heteroatoms. The first-order chi connectivity index (χ1) is 12.1. The van der Waals surface area contributed by atoms with Crippen molar-refractivity contribution in [3.8, 4) is 5.75 Å². The molecule has 25 heavy (non-hydrogen) atoms. The zero-order valence-corrected chi connectivity index (χ0v) is 15.9. The lowest BCUT2D eigenvalue weighted by atomic mass is 10.1. The molecule has 0 bridgehead atoms. The van der Waals surface area contributed by atoms with Crippen LogP contribution in [0.15, 0.2) is 18.2 Å². The second kappa shape index (κ2) is 9.63. The number of carbonyl (C=O) groups is 1. The van der Waals surface area contributed by atoms with Gasteiger partial charge in [-0.15, -0.1) is 0 Å². The lowest BCUT2D eigenvalue weighted by Gasteiger charge is -2.41. The number of amides is 2. The average Bonchev–Trinajstić information content (AvgIpc) is 2.63. The zero-order valence-electron chi connectivity index (χ0n) is 15.9. The summed E-state index contributed by atoms with van der Waals surface area (Å²) in [4.78, 5) is 17.0. The molecule has 1 unspecified atom stereocenters. The number of hydrogen-bond acceptors (Lipinski definition) is 4. The van der Waals surface area contributed by atoms with E-state index in [1.165, 1.54) is 0 Å². The van der Waals surface area contributed by atoms with E-state index in [4.69, 9.17) is 9.47 Å². The van der Waals surface area contributed by atoms with Crippen LogP contribution in [-0.2, 0) is 4.74 Å². The Labute approximate surface area is 151 Å². The molecule has 1 atom stereocenters. The van der Waals surface area contributed by atoms with Gasteiger partial charge in [0.2, 0.25) is 0 Å². The van der Waals surface area contributed by atoms with Gasteiger partial charge in [-0.3, -0.25) is 4.90 Å². The Morgan fingerprint density at radius 1 is 1.32 bits per heavy atom. The minimum absolute atomic E-state index is 0.0313. The van der Waals surface area contributed by atoms with Crippen molar-refractivity contribution in [3.63, 3.8) is 0 Å². The second-order valence-electron chi connectivity index (χ2n) is 6.35. The molecular weight excluding hydrogens is 318 g/mol. The van der Waals surface area contributed by atoms with E-state index >= 15 is 0 Å². The summed E-state index contributed by atoms with van der Waals surface area (Å²) in [6, 6.07) is 6.04. The Kier molecular flexibility index (Phi) is 7.52. The maximum atomic E-state index is 12.6. The van der Waals surface area contributed by atoms with E-state index in [0.29, 0.717) is 6.04 Å². The molecule has 1 N–H and O–H groups in total. The van der Waals surface area contributed by atoms with E-state index < -0.39 is 0 Å². The highest BCUT2D eigenvalue weighted by molar-refractivity contribution is 5.90. The number of anilines is 1. The summed E-state index contributed by atoms with van der Waals surface area (Å²) in [6.07, 6.45) is 1.03. The van der Waals surface area contributed by atoms with Crippen molar-refractivity contribution in [2.24, 2.45) is 0 Å². The number of piperazine rings is 1. The van der Waals surface area contributed by atoms with E-state index in [2.05, 4.69) is 17.1 Å². The fourth-order valence-electron chi connectivity index (χ4n) is 3.18. The van der Waals surface area contributed by atoms with Crippen molar-refractivity contribution in [3.05, 3.63) is 23.8 Å². The van der Waals surface area contributed by atoms with Crippen molar-refractivity contribution < 1.29 is 14.3 Å². The van der Waals surface area contributed by atoms with Gasteiger partial charge in [0.1, 0.15) is 5.75 Å². The number of nitrogens with one attached hydrogen (secondary N) is 1. The molecule has 0 saturated carbocycles. The summed E-state index contributed by atoms with van der Waals surface area (Å²) in [5, 5.41) is 3.03. The molecule has 1 aromatic carbocycles. The molecule has 0 spiro atoms. The molecule has 2 amide bonds. The van der Waals surface area contributed by atoms with Crippen LogP contribution in [0.3, 0.4) is 0 Å². The van der Waals surface area contributed by atoms with Gasteiger partial charge in [-0.05, 0) is 44.0 Å². The van der Waals surface area contributed by atoms with Crippen molar-refractivity contribution >= 4 is 11.7 Å². The maximum absolute atomic E-state index is 12.6. The van der Waals surface area contributed by atoms with E-state index in [1.54, 1.807) is 7.11 Å². The van der Waals surface area contributed by atoms with Crippen molar-refractivity contribution in [2.45, 2.75) is 33.2 Å². The number of rotatable bonds is 7. The average molecular weight is 349 g/mol. The van der Waals surface area contributed by atoms with E-state index in [0.717, 1.165) is 62.8 Å². The van der Waals surface area contributed by atoms with Crippen LogP contribution in [0.4, 0.5) is 10.5 Å². The summed E-state index contributed by atoms with van der Waals surface area (Å²) in [5.41, 5.74) is 1.83. The smallest absolute Gasteiger partial charge is 0.321 e. The SMILES string of the molecule is CCOCCN1CCN(C(=O)Nc2ccc(OC)cc2C)CC1CC. The van der Waals surface area contributed by atoms with Crippen LogP contribution >= 0.6 is 0 Å². The summed E-state index contributed by atoms with van der Waals surface area (Å²) < 4.78 is 10.7. The van der Waals surface area contributed by atoms with Crippen molar-refractivity contribution in [1.82, 2.24) is 9.80 Å². The fraction of sp³-hybridized carbons (Fsp3) is 0.632. The Morgan fingerprint density at radius 2 is 2.12 bits per heavy atom. The number of urea groups is 1. The standard InChI is InChI=1S/C19H31N3O3/c1-5-16-14-22(10-9-21(16)11-12-25-6-2)19(23)20-18-8-7-17(24-4)13-15(18)3/h7-8,13,16H,5-6,9-12,14H2,1-4H3,(H,20,23). The third-order valence-corrected chi connectivity index (χ3v) is 4.77. The van der Waals surface area contributed by atoms with E-state index in [9.17, 15) is 4.79 Å². The molecule has 0 radical (unpaired) electrons. The van der Waals surface area contributed by atoms with Crippen LogP contribution in [0.25, 0.3) is 0 Å². The Bertz CT molecular complexity index is 565. The van der Waals surface area contributed by atoms with Gasteiger partial charge in [-0.1, -0.05) is 6.92 Å². The predicted octanol–water partition coefficient (Wildman–Crippen LogP) is 2.97. The summed E-state index contributed by atoms with van der Waals surface area (Å²) in [6.45, 7) is 11.0. The minimum Gasteiger partial charge on any atom is -0.497 e. The number of carbonyl (C=O) groups excluding carboxylic acids is 1. The molecule has 1 fully saturated rings. The number of aryl methyl sites for hydroxylation is 1. The number of methoxy groups -OCH3 is 1. The predicted molar refractivity (Wildman–Crippen MR) is 100 cm³/mol. The first-order valence-corrected chi connectivity index (χ1v) is 9.11. The van der Waals surface area contributed by atoms with Gasteiger partial charge in [0.05, 0.1) is 13.7 Å². The summed E-state index contributed by atoms with van der Waals surface area (Å²) in [5.74, 6) is 0.796. The van der Waals surface area contributed by atoms with E-state index in [1.807, 2.05) is 36.9 Å². The highest BCUT2D eigenvalue weighted by Crippen LogP contribution is 2.22. The van der Waals surface area contributed by atoms with Gasteiger partial charge < -0.3 is 19.7 Å². The minimum atomic E-state index is -0.0313. The van der Waals surface area contributed by atoms with Crippen LogP contribution in [0.2, 0.25) is 0 Å². The van der Waals surface area contributed by atoms with Crippen LogP contribution in [-0.4, -0.2) is 68.4 Å². The third-order valence-electron chi connectivity index (χ3n) is 4.77. The molecule has 2 rings (SSSR count). The molecule has 1 aliphatic heterocycles. The van der Waals surface area contributed by atoms with Gasteiger partial charge in [0.25, 0.3) is 0 Å². The number of nitrogens with zero attached hydrogens (tertiary/aromatic N) is 2. The molecule has 6 nitrogen and oxygen atoms in total. The van der Waals surface area contributed by atoms with Gasteiger partial charge >= 0.3 is 6.03 Å². The molecule has 140 valence electrons. The zero-order chi connectivity index (χ0) is 18.2. The number of ether oxygens (including phenoxy) is 2. The topological polar surface area (TPSA) is 54.0 Å². The highest BCUT2D eigenvalue weighted by atomic mass is 16.5. The monoisotopic (exact) mass is 349 g/mol. The molecule has 1 heterocycles. The Morgan fingerprint density at radius 3 is 2.76 bits per heavy atom. The first kappa shape index (κ1) is 19.5. The molecule has 1 saturated heterocycles. The molecule has 1 aliphatic rings. The fourth-order valence-corrected chi connectivity index (χ4v) is 3.18. The van der Waals surface area contributed by atoms with Crippen LogP contribution in [0.1, 0.15) is 25.8 Å². The molecular formula is C19H31N3O3. The van der Waals surface area contributed by atoms with Gasteiger partial charge in [0.15, 0.2) is 0 Å². The molecule has 0 aromatic heterocycles. The third kappa shape index (κ3) is 5.34. The summed E-state index contributed by atoms with van der Waals surface area (Å²) >= 11 is 0. The molecule has 1 aromatic rings. The quantitative estimate of drug-likeness (QED) is 0.769. The normalized spacial score (nSPS) is 18.2. The van der Waals surface area contributed by atoms with Crippen molar-refractivity contribution in [1.29, 1.82) is 0 Å².